The molecular weight excluding hydrogens is 557 g/mol. The van der Waals surface area contributed by atoms with E-state index in [0.717, 1.165) is 17.6 Å². The highest BCUT2D eigenvalue weighted by Gasteiger charge is 2.51. The SMILES string of the molecule is CC1=CC=C(Sc2ccc(-c3ccc4c(c3)c3cc(B5OC(C)(C)C(C)(C)O5)ccc3n4-c3ccc(C)cc3)cc2)CC=C1. The number of allylic oxidation sites excluding steroid dienone is 6. The lowest BCUT2D eigenvalue weighted by Crippen LogP contribution is -2.41. The first-order valence-corrected chi connectivity index (χ1v) is 16.2. The van der Waals surface area contributed by atoms with Crippen molar-refractivity contribution in [1.29, 1.82) is 0 Å². The number of nitrogens with zero attached hydrogens (tertiary/aromatic N) is 1. The largest absolute Gasteiger partial charge is 0.494 e. The summed E-state index contributed by atoms with van der Waals surface area (Å²) in [4.78, 5) is 2.61. The number of hydrogen-bond donors (Lipinski definition) is 0. The van der Waals surface area contributed by atoms with Gasteiger partial charge in [-0.3, -0.25) is 0 Å². The van der Waals surface area contributed by atoms with Gasteiger partial charge in [0.1, 0.15) is 0 Å². The minimum absolute atomic E-state index is 0.390. The lowest BCUT2D eigenvalue weighted by molar-refractivity contribution is 0.00578. The van der Waals surface area contributed by atoms with Crippen molar-refractivity contribution in [3.8, 4) is 16.8 Å². The summed E-state index contributed by atoms with van der Waals surface area (Å²) < 4.78 is 15.3. The lowest BCUT2D eigenvalue weighted by atomic mass is 9.78. The smallest absolute Gasteiger partial charge is 0.399 e. The standard InChI is InChI=1S/C39H38BNO2S/c1-26-8-7-9-32(19-12-26)44-33-20-13-28(14-21-33)29-15-22-36-34(24-29)35-25-30(40-42-38(3,4)39(5,6)43-40)16-23-37(35)41(36)31-17-10-27(2)11-18-31/h7-8,10-25H,9H2,1-6H3. The molecule has 0 amide bonds. The fourth-order valence-corrected chi connectivity index (χ4v) is 6.86. The van der Waals surface area contributed by atoms with Crippen LogP contribution in [0, 0.1) is 6.92 Å². The van der Waals surface area contributed by atoms with Crippen LogP contribution in [-0.4, -0.2) is 22.9 Å². The van der Waals surface area contributed by atoms with Crippen molar-refractivity contribution in [1.82, 2.24) is 4.57 Å². The number of aryl methyl sites for hydroxylation is 1. The summed E-state index contributed by atoms with van der Waals surface area (Å²) >= 11 is 1.84. The van der Waals surface area contributed by atoms with Crippen molar-refractivity contribution in [2.45, 2.75) is 64.1 Å². The molecule has 2 aliphatic rings. The molecule has 0 unspecified atom stereocenters. The Kier molecular flexibility index (Phi) is 7.24. The molecule has 7 rings (SSSR count). The fourth-order valence-electron chi connectivity index (χ4n) is 5.97. The Morgan fingerprint density at radius 3 is 2.05 bits per heavy atom. The number of benzene rings is 4. The van der Waals surface area contributed by atoms with E-state index >= 15 is 0 Å². The summed E-state index contributed by atoms with van der Waals surface area (Å²) in [6.45, 7) is 12.7. The van der Waals surface area contributed by atoms with E-state index in [0.29, 0.717) is 0 Å². The minimum atomic E-state index is -0.408. The molecule has 220 valence electrons. The molecular formula is C39H38BNO2S. The highest BCUT2D eigenvalue weighted by Crippen LogP contribution is 2.39. The third-order valence-electron chi connectivity index (χ3n) is 9.28. The Morgan fingerprint density at radius 1 is 0.705 bits per heavy atom. The Balaban J connectivity index is 1.30. The first kappa shape index (κ1) is 29.0. The Labute approximate surface area is 265 Å². The van der Waals surface area contributed by atoms with Crippen LogP contribution in [0.3, 0.4) is 0 Å². The summed E-state index contributed by atoms with van der Waals surface area (Å²) in [5, 5.41) is 2.41. The van der Waals surface area contributed by atoms with Crippen LogP contribution in [-0.2, 0) is 9.31 Å². The van der Waals surface area contributed by atoms with Crippen molar-refractivity contribution in [3.63, 3.8) is 0 Å². The van der Waals surface area contributed by atoms with Crippen LogP contribution in [0.1, 0.15) is 46.6 Å². The third-order valence-corrected chi connectivity index (χ3v) is 10.3. The zero-order valence-electron chi connectivity index (χ0n) is 26.3. The minimum Gasteiger partial charge on any atom is -0.399 e. The highest BCUT2D eigenvalue weighted by molar-refractivity contribution is 8.03. The zero-order valence-corrected chi connectivity index (χ0v) is 27.2. The van der Waals surface area contributed by atoms with E-state index in [-0.39, 0.29) is 11.2 Å². The summed E-state index contributed by atoms with van der Waals surface area (Å²) in [6.07, 6.45) is 9.84. The van der Waals surface area contributed by atoms with Crippen molar-refractivity contribution < 1.29 is 9.31 Å². The van der Waals surface area contributed by atoms with Crippen LogP contribution < -0.4 is 5.46 Å². The first-order chi connectivity index (χ1) is 21.1. The van der Waals surface area contributed by atoms with Gasteiger partial charge in [-0.2, -0.15) is 0 Å². The molecule has 44 heavy (non-hydrogen) atoms. The molecule has 5 heteroatoms. The molecule has 1 fully saturated rings. The number of fused-ring (bicyclic) bond motifs is 3. The molecule has 5 aromatic rings. The summed E-state index contributed by atoms with van der Waals surface area (Å²) in [5.74, 6) is 0. The quantitative estimate of drug-likeness (QED) is 0.189. The van der Waals surface area contributed by atoms with Crippen LogP contribution in [0.25, 0.3) is 38.6 Å². The van der Waals surface area contributed by atoms with Crippen molar-refractivity contribution in [3.05, 3.63) is 125 Å². The first-order valence-electron chi connectivity index (χ1n) is 15.4. The van der Waals surface area contributed by atoms with Gasteiger partial charge in [0, 0.05) is 21.4 Å². The molecule has 1 aliphatic carbocycles. The summed E-state index contributed by atoms with van der Waals surface area (Å²) in [7, 11) is -0.408. The maximum atomic E-state index is 6.44. The fraction of sp³-hybridized carbons (Fsp3) is 0.231. The van der Waals surface area contributed by atoms with Gasteiger partial charge in [0.25, 0.3) is 0 Å². The average molecular weight is 596 g/mol. The molecule has 4 aromatic carbocycles. The van der Waals surface area contributed by atoms with Crippen molar-refractivity contribution in [2.75, 3.05) is 0 Å². The van der Waals surface area contributed by atoms with E-state index in [9.17, 15) is 0 Å². The van der Waals surface area contributed by atoms with Crippen molar-refractivity contribution >= 4 is 46.1 Å². The van der Waals surface area contributed by atoms with Crippen molar-refractivity contribution in [2.24, 2.45) is 0 Å². The van der Waals surface area contributed by atoms with Gasteiger partial charge in [-0.1, -0.05) is 89.7 Å². The molecule has 2 heterocycles. The summed E-state index contributed by atoms with van der Waals surface area (Å²) in [6, 6.07) is 31.2. The van der Waals surface area contributed by atoms with Crippen LogP contribution in [0.2, 0.25) is 0 Å². The predicted octanol–water partition coefficient (Wildman–Crippen LogP) is 9.94. The second-order valence-corrected chi connectivity index (χ2v) is 14.2. The molecule has 0 N–H and O–H groups in total. The predicted molar refractivity (Wildman–Crippen MR) is 188 cm³/mol. The molecule has 0 spiro atoms. The second kappa shape index (κ2) is 11.0. The lowest BCUT2D eigenvalue weighted by Gasteiger charge is -2.32. The zero-order chi connectivity index (χ0) is 30.6. The molecule has 0 saturated carbocycles. The van der Waals surface area contributed by atoms with Gasteiger partial charge in [-0.25, -0.2) is 0 Å². The number of aromatic nitrogens is 1. The van der Waals surface area contributed by atoms with Gasteiger partial charge >= 0.3 is 7.12 Å². The average Bonchev–Trinajstić information content (AvgIpc) is 3.33. The molecule has 1 saturated heterocycles. The highest BCUT2D eigenvalue weighted by atomic mass is 32.2. The van der Waals surface area contributed by atoms with E-state index in [1.54, 1.807) is 0 Å². The van der Waals surface area contributed by atoms with Gasteiger partial charge < -0.3 is 13.9 Å². The van der Waals surface area contributed by atoms with Crippen LogP contribution in [0.4, 0.5) is 0 Å². The van der Waals surface area contributed by atoms with E-state index in [1.807, 2.05) is 11.8 Å². The number of thioether (sulfide) groups is 1. The summed E-state index contributed by atoms with van der Waals surface area (Å²) in [5.41, 5.74) is 8.72. The number of rotatable bonds is 5. The molecule has 0 atom stereocenters. The molecule has 3 nitrogen and oxygen atoms in total. The normalized spacial score (nSPS) is 17.6. The number of hydrogen-bond acceptors (Lipinski definition) is 3. The monoisotopic (exact) mass is 595 g/mol. The maximum absolute atomic E-state index is 6.44. The topological polar surface area (TPSA) is 23.4 Å². The molecule has 1 aromatic heterocycles. The van der Waals surface area contributed by atoms with Gasteiger partial charge in [0.15, 0.2) is 0 Å². The van der Waals surface area contributed by atoms with Crippen LogP contribution in [0.15, 0.2) is 125 Å². The molecule has 1 aliphatic heterocycles. The van der Waals surface area contributed by atoms with E-state index in [1.165, 1.54) is 53.9 Å². The Morgan fingerprint density at radius 2 is 1.34 bits per heavy atom. The second-order valence-electron chi connectivity index (χ2n) is 13.0. The third kappa shape index (κ3) is 5.28. The van der Waals surface area contributed by atoms with Gasteiger partial charge in [0.2, 0.25) is 0 Å². The van der Waals surface area contributed by atoms with Crippen LogP contribution in [0.5, 0.6) is 0 Å². The van der Waals surface area contributed by atoms with Gasteiger partial charge in [-0.05, 0) is 112 Å². The molecule has 0 bridgehead atoms. The van der Waals surface area contributed by atoms with E-state index < -0.39 is 7.12 Å². The molecule has 0 radical (unpaired) electrons. The maximum Gasteiger partial charge on any atom is 0.494 e. The Hall–Kier alpha value is -3.77. The van der Waals surface area contributed by atoms with Gasteiger partial charge in [-0.15, -0.1) is 0 Å². The van der Waals surface area contributed by atoms with E-state index in [4.69, 9.17) is 9.31 Å². The van der Waals surface area contributed by atoms with E-state index in [2.05, 4.69) is 155 Å². The van der Waals surface area contributed by atoms with Gasteiger partial charge in [0.05, 0.1) is 22.2 Å². The van der Waals surface area contributed by atoms with Crippen LogP contribution >= 0.6 is 11.8 Å². The Bertz CT molecular complexity index is 1960.